The molecule has 29 heavy (non-hydrogen) atoms. The summed E-state index contributed by atoms with van der Waals surface area (Å²) < 4.78 is 33.6. The Morgan fingerprint density at radius 2 is 1.66 bits per heavy atom. The molecule has 0 radical (unpaired) electrons. The van der Waals surface area contributed by atoms with Crippen molar-refractivity contribution in [3.63, 3.8) is 0 Å². The SMILES string of the molecule is Cc1cccc(S(=O)(=O)N2CC3CN(C(=O)C(C)c4ccccc4)CC(C2)O3)c1. The van der Waals surface area contributed by atoms with Crippen LogP contribution < -0.4 is 0 Å². The molecule has 2 bridgehead atoms. The Labute approximate surface area is 172 Å². The predicted octanol–water partition coefficient (Wildman–Crippen LogP) is 2.40. The fraction of sp³-hybridized carbons (Fsp3) is 0.409. The normalized spacial score (nSPS) is 23.6. The van der Waals surface area contributed by atoms with Crippen molar-refractivity contribution in [2.24, 2.45) is 0 Å². The fourth-order valence-electron chi connectivity index (χ4n) is 4.11. The van der Waals surface area contributed by atoms with E-state index >= 15 is 0 Å². The Morgan fingerprint density at radius 3 is 2.28 bits per heavy atom. The lowest BCUT2D eigenvalue weighted by molar-refractivity contribution is -0.155. The number of carbonyl (C=O) groups is 1. The molecule has 7 heteroatoms. The summed E-state index contributed by atoms with van der Waals surface area (Å²) in [6.07, 6.45) is -0.622. The van der Waals surface area contributed by atoms with Crippen LogP contribution >= 0.6 is 0 Å². The summed E-state index contributed by atoms with van der Waals surface area (Å²) in [7, 11) is -3.57. The van der Waals surface area contributed by atoms with Gasteiger partial charge in [-0.05, 0) is 37.1 Å². The number of aryl methyl sites for hydroxylation is 1. The van der Waals surface area contributed by atoms with Crippen LogP contribution in [0.1, 0.15) is 24.0 Å². The monoisotopic (exact) mass is 414 g/mol. The van der Waals surface area contributed by atoms with Crippen LogP contribution in [0.15, 0.2) is 59.5 Å². The lowest BCUT2D eigenvalue weighted by Crippen LogP contribution is -2.61. The van der Waals surface area contributed by atoms with Gasteiger partial charge in [-0.2, -0.15) is 4.31 Å². The van der Waals surface area contributed by atoms with Gasteiger partial charge in [-0.15, -0.1) is 0 Å². The summed E-state index contributed by atoms with van der Waals surface area (Å²) in [5, 5.41) is 0. The molecule has 0 aliphatic carbocycles. The zero-order valence-electron chi connectivity index (χ0n) is 16.7. The molecular weight excluding hydrogens is 388 g/mol. The van der Waals surface area contributed by atoms with Crippen molar-refractivity contribution in [2.45, 2.75) is 36.9 Å². The molecule has 3 unspecified atom stereocenters. The first-order chi connectivity index (χ1) is 13.8. The number of nitrogens with zero attached hydrogens (tertiary/aromatic N) is 2. The molecule has 0 N–H and O–H groups in total. The average molecular weight is 415 g/mol. The molecule has 0 spiro atoms. The molecule has 4 rings (SSSR count). The number of hydrogen-bond acceptors (Lipinski definition) is 4. The molecule has 2 fully saturated rings. The number of sulfonamides is 1. The van der Waals surface area contributed by atoms with Crippen LogP contribution in [0.4, 0.5) is 0 Å². The van der Waals surface area contributed by atoms with E-state index in [0.717, 1.165) is 11.1 Å². The maximum atomic E-state index is 13.1. The summed E-state index contributed by atoms with van der Waals surface area (Å²) in [6, 6.07) is 16.7. The molecule has 1 amide bonds. The Morgan fingerprint density at radius 1 is 1.00 bits per heavy atom. The van der Waals surface area contributed by atoms with Gasteiger partial charge in [0.15, 0.2) is 0 Å². The largest absolute Gasteiger partial charge is 0.369 e. The summed E-state index contributed by atoms with van der Waals surface area (Å²) in [4.78, 5) is 15.1. The molecule has 3 atom stereocenters. The fourth-order valence-corrected chi connectivity index (χ4v) is 5.72. The van der Waals surface area contributed by atoms with Crippen molar-refractivity contribution in [3.05, 3.63) is 65.7 Å². The van der Waals surface area contributed by atoms with Gasteiger partial charge < -0.3 is 9.64 Å². The number of rotatable bonds is 4. The lowest BCUT2D eigenvalue weighted by Gasteiger charge is -2.45. The molecule has 2 heterocycles. The standard InChI is InChI=1S/C22H26N2O4S/c1-16-7-6-10-21(11-16)29(26,27)24-14-19-12-23(13-20(15-24)28-19)22(25)17(2)18-8-4-3-5-9-18/h3-11,17,19-20H,12-15H2,1-2H3. The average Bonchev–Trinajstić information content (AvgIpc) is 2.72. The van der Waals surface area contributed by atoms with Gasteiger partial charge in [0.2, 0.25) is 15.9 Å². The first kappa shape index (κ1) is 20.1. The van der Waals surface area contributed by atoms with Crippen LogP contribution in [0.2, 0.25) is 0 Å². The maximum absolute atomic E-state index is 13.1. The summed E-state index contributed by atoms with van der Waals surface area (Å²) in [5.41, 5.74) is 1.89. The number of amides is 1. The van der Waals surface area contributed by atoms with Crippen LogP contribution in [0, 0.1) is 6.92 Å². The van der Waals surface area contributed by atoms with Crippen molar-refractivity contribution < 1.29 is 17.9 Å². The molecule has 2 aromatic carbocycles. The van der Waals surface area contributed by atoms with Crippen molar-refractivity contribution in [2.75, 3.05) is 26.2 Å². The first-order valence-electron chi connectivity index (χ1n) is 9.90. The van der Waals surface area contributed by atoms with Gasteiger partial charge in [0.05, 0.1) is 23.0 Å². The lowest BCUT2D eigenvalue weighted by atomic mass is 9.98. The summed E-state index contributed by atoms with van der Waals surface area (Å²) in [5.74, 6) is -0.174. The third-order valence-electron chi connectivity index (χ3n) is 5.66. The second-order valence-electron chi connectivity index (χ2n) is 7.89. The minimum absolute atomic E-state index is 0.0597. The van der Waals surface area contributed by atoms with E-state index in [0.29, 0.717) is 18.0 Å². The van der Waals surface area contributed by atoms with Crippen molar-refractivity contribution in [1.29, 1.82) is 0 Å². The van der Waals surface area contributed by atoms with E-state index in [1.54, 1.807) is 18.2 Å². The Balaban J connectivity index is 1.47. The maximum Gasteiger partial charge on any atom is 0.243 e. The van der Waals surface area contributed by atoms with E-state index in [1.807, 2.05) is 55.1 Å². The van der Waals surface area contributed by atoms with Crippen molar-refractivity contribution >= 4 is 15.9 Å². The zero-order chi connectivity index (χ0) is 20.6. The summed E-state index contributed by atoms with van der Waals surface area (Å²) >= 11 is 0. The highest BCUT2D eigenvalue weighted by Crippen LogP contribution is 2.27. The van der Waals surface area contributed by atoms with Gasteiger partial charge in [0.25, 0.3) is 0 Å². The molecule has 6 nitrogen and oxygen atoms in total. The first-order valence-corrected chi connectivity index (χ1v) is 11.3. The van der Waals surface area contributed by atoms with Gasteiger partial charge in [0, 0.05) is 26.2 Å². The van der Waals surface area contributed by atoms with Gasteiger partial charge in [-0.25, -0.2) is 8.42 Å². The Bertz CT molecular complexity index is 979. The van der Waals surface area contributed by atoms with E-state index in [-0.39, 0.29) is 37.1 Å². The van der Waals surface area contributed by atoms with Crippen molar-refractivity contribution in [1.82, 2.24) is 9.21 Å². The number of ether oxygens (including phenoxy) is 1. The predicted molar refractivity (Wildman–Crippen MR) is 110 cm³/mol. The van der Waals surface area contributed by atoms with Crippen LogP contribution in [0.25, 0.3) is 0 Å². The second-order valence-corrected chi connectivity index (χ2v) is 9.83. The number of morpholine rings is 2. The number of carbonyl (C=O) groups excluding carboxylic acids is 1. The van der Waals surface area contributed by atoms with Gasteiger partial charge in [-0.3, -0.25) is 4.79 Å². The highest BCUT2D eigenvalue weighted by Gasteiger charge is 2.41. The van der Waals surface area contributed by atoms with Crippen LogP contribution in [0.5, 0.6) is 0 Å². The van der Waals surface area contributed by atoms with E-state index in [2.05, 4.69) is 0 Å². The molecule has 154 valence electrons. The van der Waals surface area contributed by atoms with E-state index in [4.69, 9.17) is 4.74 Å². The van der Waals surface area contributed by atoms with Gasteiger partial charge in [0.1, 0.15) is 0 Å². The Kier molecular flexibility index (Phi) is 5.46. The van der Waals surface area contributed by atoms with E-state index < -0.39 is 10.0 Å². The topological polar surface area (TPSA) is 66.9 Å². The molecule has 2 saturated heterocycles. The highest BCUT2D eigenvalue weighted by atomic mass is 32.2. The smallest absolute Gasteiger partial charge is 0.243 e. The zero-order valence-corrected chi connectivity index (χ0v) is 17.5. The number of hydrogen-bond donors (Lipinski definition) is 0. The number of fused-ring (bicyclic) bond motifs is 2. The molecular formula is C22H26N2O4S. The van der Waals surface area contributed by atoms with Crippen molar-refractivity contribution in [3.8, 4) is 0 Å². The molecule has 0 saturated carbocycles. The Hall–Kier alpha value is -2.22. The van der Waals surface area contributed by atoms with Gasteiger partial charge >= 0.3 is 0 Å². The second kappa shape index (κ2) is 7.89. The van der Waals surface area contributed by atoms with Gasteiger partial charge in [-0.1, -0.05) is 42.5 Å². The van der Waals surface area contributed by atoms with Crippen LogP contribution in [-0.4, -0.2) is 61.9 Å². The number of benzene rings is 2. The third-order valence-corrected chi connectivity index (χ3v) is 7.48. The third kappa shape index (κ3) is 4.08. The minimum atomic E-state index is -3.57. The van der Waals surface area contributed by atoms with Crippen LogP contribution in [-0.2, 0) is 19.6 Å². The van der Waals surface area contributed by atoms with E-state index in [9.17, 15) is 13.2 Å². The highest BCUT2D eigenvalue weighted by molar-refractivity contribution is 7.89. The molecule has 2 aliphatic heterocycles. The molecule has 0 aromatic heterocycles. The molecule has 2 aromatic rings. The van der Waals surface area contributed by atoms with E-state index in [1.165, 1.54) is 4.31 Å². The molecule has 2 aliphatic rings. The van der Waals surface area contributed by atoms with Crippen LogP contribution in [0.3, 0.4) is 0 Å². The summed E-state index contributed by atoms with van der Waals surface area (Å²) in [6.45, 7) is 5.13. The minimum Gasteiger partial charge on any atom is -0.369 e. The quantitative estimate of drug-likeness (QED) is 0.771.